The number of ether oxygens (including phenoxy) is 1. The average Bonchev–Trinajstić information content (AvgIpc) is 2.36. The Balaban J connectivity index is 2.35. The second-order valence-electron chi connectivity index (χ2n) is 3.54. The van der Waals surface area contributed by atoms with Crippen LogP contribution in [0.4, 0.5) is 0 Å². The van der Waals surface area contributed by atoms with Crippen molar-refractivity contribution in [3.05, 3.63) is 33.4 Å². The number of hydrogen-bond acceptors (Lipinski definition) is 3. The molecule has 0 aliphatic carbocycles. The fourth-order valence-corrected chi connectivity index (χ4v) is 1.79. The lowest BCUT2D eigenvalue weighted by Crippen LogP contribution is -2.38. The molecule has 0 heterocycles. The molecular formula is C12H15IN2O3. The topological polar surface area (TPSA) is 67.4 Å². The summed E-state index contributed by atoms with van der Waals surface area (Å²) < 4.78 is 5.77. The van der Waals surface area contributed by atoms with E-state index in [1.54, 1.807) is 25.3 Å². The van der Waals surface area contributed by atoms with Crippen LogP contribution in [0.2, 0.25) is 0 Å². The van der Waals surface area contributed by atoms with Gasteiger partial charge in [-0.2, -0.15) is 0 Å². The lowest BCUT2D eigenvalue weighted by molar-refractivity contribution is -0.120. The molecule has 0 fully saturated rings. The van der Waals surface area contributed by atoms with E-state index in [-0.39, 0.29) is 18.4 Å². The van der Waals surface area contributed by atoms with E-state index in [2.05, 4.69) is 33.2 Å². The number of methoxy groups -OCH3 is 1. The second kappa shape index (κ2) is 8.04. The highest BCUT2D eigenvalue weighted by atomic mass is 127. The van der Waals surface area contributed by atoms with E-state index in [1.165, 1.54) is 0 Å². The molecule has 0 atom stereocenters. The zero-order valence-corrected chi connectivity index (χ0v) is 12.2. The van der Waals surface area contributed by atoms with E-state index in [1.807, 2.05) is 6.07 Å². The van der Waals surface area contributed by atoms with Crippen LogP contribution in [0.5, 0.6) is 0 Å². The Labute approximate surface area is 119 Å². The summed E-state index contributed by atoms with van der Waals surface area (Å²) in [7, 11) is 1.56. The molecule has 1 rings (SSSR count). The lowest BCUT2D eigenvalue weighted by Gasteiger charge is -2.06. The Morgan fingerprint density at radius 2 is 2.11 bits per heavy atom. The number of amides is 2. The Hall–Kier alpha value is -1.15. The smallest absolute Gasteiger partial charge is 0.251 e. The molecule has 0 bridgehead atoms. The molecule has 0 unspecified atom stereocenters. The highest BCUT2D eigenvalue weighted by Gasteiger charge is 2.07. The summed E-state index contributed by atoms with van der Waals surface area (Å²) in [5.41, 5.74) is 0.548. The van der Waals surface area contributed by atoms with Crippen molar-refractivity contribution in [1.82, 2.24) is 10.6 Å². The molecule has 0 saturated heterocycles. The molecule has 0 aliphatic rings. The van der Waals surface area contributed by atoms with E-state index in [0.717, 1.165) is 3.57 Å². The van der Waals surface area contributed by atoms with Gasteiger partial charge < -0.3 is 15.4 Å². The van der Waals surface area contributed by atoms with Crippen molar-refractivity contribution in [2.75, 3.05) is 26.8 Å². The maximum Gasteiger partial charge on any atom is 0.251 e. The van der Waals surface area contributed by atoms with Gasteiger partial charge in [0.25, 0.3) is 5.91 Å². The van der Waals surface area contributed by atoms with E-state index in [9.17, 15) is 9.59 Å². The van der Waals surface area contributed by atoms with Crippen LogP contribution >= 0.6 is 22.6 Å². The summed E-state index contributed by atoms with van der Waals surface area (Å²) in [6.07, 6.45) is 0. The molecule has 0 saturated carbocycles. The first kappa shape index (κ1) is 14.9. The zero-order valence-electron chi connectivity index (χ0n) is 10.0. The molecule has 1 aromatic rings. The molecular weight excluding hydrogens is 347 g/mol. The van der Waals surface area contributed by atoms with Gasteiger partial charge in [-0.15, -0.1) is 0 Å². The molecule has 2 amide bonds. The molecule has 0 aliphatic heterocycles. The molecule has 0 spiro atoms. The van der Waals surface area contributed by atoms with Gasteiger partial charge in [-0.3, -0.25) is 9.59 Å². The number of carbonyl (C=O) groups is 2. The minimum Gasteiger partial charge on any atom is -0.383 e. The quantitative estimate of drug-likeness (QED) is 0.581. The Morgan fingerprint density at radius 1 is 1.33 bits per heavy atom. The van der Waals surface area contributed by atoms with Crippen molar-refractivity contribution in [2.24, 2.45) is 0 Å². The van der Waals surface area contributed by atoms with Crippen LogP contribution in [0.3, 0.4) is 0 Å². The van der Waals surface area contributed by atoms with Gasteiger partial charge in [-0.1, -0.05) is 6.07 Å². The standard InChI is InChI=1S/C12H15IN2O3/c1-18-6-5-14-11(16)8-15-12(17)9-3-2-4-10(13)7-9/h2-4,7H,5-6,8H2,1H3,(H,14,16)(H,15,17). The van der Waals surface area contributed by atoms with Crippen molar-refractivity contribution < 1.29 is 14.3 Å². The van der Waals surface area contributed by atoms with Crippen LogP contribution in [0.1, 0.15) is 10.4 Å². The maximum absolute atomic E-state index is 11.7. The fraction of sp³-hybridized carbons (Fsp3) is 0.333. The predicted molar refractivity (Wildman–Crippen MR) is 76.4 cm³/mol. The number of carbonyl (C=O) groups excluding carboxylic acids is 2. The van der Waals surface area contributed by atoms with Gasteiger partial charge in [0.2, 0.25) is 5.91 Å². The van der Waals surface area contributed by atoms with E-state index >= 15 is 0 Å². The highest BCUT2D eigenvalue weighted by Crippen LogP contribution is 2.07. The molecule has 0 aromatic heterocycles. The van der Waals surface area contributed by atoms with Crippen LogP contribution in [-0.2, 0) is 9.53 Å². The summed E-state index contributed by atoms with van der Waals surface area (Å²) in [6, 6.07) is 7.17. The van der Waals surface area contributed by atoms with Crippen LogP contribution in [0.15, 0.2) is 24.3 Å². The SMILES string of the molecule is COCCNC(=O)CNC(=O)c1cccc(I)c1. The Kier molecular flexibility index (Phi) is 6.66. The first-order valence-corrected chi connectivity index (χ1v) is 6.50. The number of benzene rings is 1. The van der Waals surface area contributed by atoms with Gasteiger partial charge in [0.1, 0.15) is 0 Å². The Morgan fingerprint density at radius 3 is 2.78 bits per heavy atom. The Bertz CT molecular complexity index is 424. The van der Waals surface area contributed by atoms with E-state index in [4.69, 9.17) is 4.74 Å². The third-order valence-corrected chi connectivity index (χ3v) is 2.80. The zero-order chi connectivity index (χ0) is 13.4. The van der Waals surface area contributed by atoms with Gasteiger partial charge in [0.15, 0.2) is 0 Å². The minimum atomic E-state index is -0.254. The average molecular weight is 362 g/mol. The molecule has 6 heteroatoms. The van der Waals surface area contributed by atoms with Crippen molar-refractivity contribution in [3.8, 4) is 0 Å². The number of rotatable bonds is 6. The first-order chi connectivity index (χ1) is 8.63. The van der Waals surface area contributed by atoms with Crippen molar-refractivity contribution >= 4 is 34.4 Å². The van der Waals surface area contributed by atoms with E-state index < -0.39 is 0 Å². The summed E-state index contributed by atoms with van der Waals surface area (Å²) in [6.45, 7) is 0.860. The van der Waals surface area contributed by atoms with Gasteiger partial charge in [0.05, 0.1) is 13.2 Å². The van der Waals surface area contributed by atoms with Crippen molar-refractivity contribution in [3.63, 3.8) is 0 Å². The van der Waals surface area contributed by atoms with Gasteiger partial charge in [-0.25, -0.2) is 0 Å². The van der Waals surface area contributed by atoms with Crippen LogP contribution < -0.4 is 10.6 Å². The van der Waals surface area contributed by atoms with E-state index in [0.29, 0.717) is 18.7 Å². The second-order valence-corrected chi connectivity index (χ2v) is 4.78. The largest absolute Gasteiger partial charge is 0.383 e. The molecule has 2 N–H and O–H groups in total. The normalized spacial score (nSPS) is 9.89. The predicted octanol–water partition coefficient (Wildman–Crippen LogP) is 0.784. The molecule has 5 nitrogen and oxygen atoms in total. The summed E-state index contributed by atoms with van der Waals surface area (Å²) >= 11 is 2.13. The van der Waals surface area contributed by atoms with Gasteiger partial charge in [-0.05, 0) is 40.8 Å². The molecule has 18 heavy (non-hydrogen) atoms. The fourth-order valence-electron chi connectivity index (χ4n) is 1.25. The number of hydrogen-bond donors (Lipinski definition) is 2. The summed E-state index contributed by atoms with van der Waals surface area (Å²) in [5.74, 6) is -0.485. The third kappa shape index (κ3) is 5.46. The summed E-state index contributed by atoms with van der Waals surface area (Å²) in [4.78, 5) is 23.0. The van der Waals surface area contributed by atoms with Crippen molar-refractivity contribution in [1.29, 1.82) is 0 Å². The van der Waals surface area contributed by atoms with Gasteiger partial charge in [0, 0.05) is 22.8 Å². The minimum absolute atomic E-state index is 0.0337. The molecule has 98 valence electrons. The van der Waals surface area contributed by atoms with Crippen molar-refractivity contribution in [2.45, 2.75) is 0 Å². The monoisotopic (exact) mass is 362 g/mol. The lowest BCUT2D eigenvalue weighted by atomic mass is 10.2. The first-order valence-electron chi connectivity index (χ1n) is 5.43. The van der Waals surface area contributed by atoms with Crippen LogP contribution in [-0.4, -0.2) is 38.6 Å². The number of nitrogens with one attached hydrogen (secondary N) is 2. The summed E-state index contributed by atoms with van der Waals surface area (Å²) in [5, 5.41) is 5.18. The molecule has 0 radical (unpaired) electrons. The maximum atomic E-state index is 11.7. The number of halogens is 1. The third-order valence-electron chi connectivity index (χ3n) is 2.12. The van der Waals surface area contributed by atoms with Crippen LogP contribution in [0, 0.1) is 3.57 Å². The molecule has 1 aromatic carbocycles. The van der Waals surface area contributed by atoms with Gasteiger partial charge >= 0.3 is 0 Å². The van der Waals surface area contributed by atoms with Crippen LogP contribution in [0.25, 0.3) is 0 Å². The highest BCUT2D eigenvalue weighted by molar-refractivity contribution is 14.1.